The summed E-state index contributed by atoms with van der Waals surface area (Å²) in [6.07, 6.45) is 6.26. The molecule has 0 aromatic carbocycles. The van der Waals surface area contributed by atoms with Gasteiger partial charge in [0.05, 0.1) is 13.1 Å². The fourth-order valence-corrected chi connectivity index (χ4v) is 2.13. The lowest BCUT2D eigenvalue weighted by Gasteiger charge is -2.08. The molecule has 0 aliphatic rings. The number of hydrogen-bond donors (Lipinski definition) is 2. The minimum absolute atomic E-state index is 0.490. The molecule has 1 aromatic rings. The molecule has 0 spiro atoms. The quantitative estimate of drug-likeness (QED) is 0.472. The van der Waals surface area contributed by atoms with Gasteiger partial charge in [-0.3, -0.25) is 4.99 Å². The third-order valence-electron chi connectivity index (χ3n) is 2.08. The number of guanidine groups is 1. The van der Waals surface area contributed by atoms with E-state index in [4.69, 9.17) is 6.42 Å². The van der Waals surface area contributed by atoms with Crippen molar-refractivity contribution in [2.45, 2.75) is 19.9 Å². The lowest BCUT2D eigenvalue weighted by atomic mass is 10.4. The Morgan fingerprint density at radius 2 is 2.19 bits per heavy atom. The Morgan fingerprint density at radius 1 is 1.44 bits per heavy atom. The number of nitrogens with zero attached hydrogens (tertiary/aromatic N) is 1. The van der Waals surface area contributed by atoms with E-state index in [9.17, 15) is 0 Å². The fraction of sp³-hybridized carbons (Fsp3) is 0.417. The van der Waals surface area contributed by atoms with Gasteiger partial charge in [-0.15, -0.1) is 17.8 Å². The predicted molar refractivity (Wildman–Crippen MR) is 70.7 cm³/mol. The number of aryl methyl sites for hydroxylation is 1. The molecule has 0 atom stereocenters. The van der Waals surface area contributed by atoms with Gasteiger partial charge in [0.25, 0.3) is 0 Å². The number of thiophene rings is 1. The Kier molecular flexibility index (Phi) is 5.44. The third-order valence-corrected chi connectivity index (χ3v) is 3.31. The van der Waals surface area contributed by atoms with Gasteiger partial charge in [-0.25, -0.2) is 0 Å². The highest BCUT2D eigenvalue weighted by molar-refractivity contribution is 7.11. The van der Waals surface area contributed by atoms with Crippen molar-refractivity contribution in [1.82, 2.24) is 10.6 Å². The van der Waals surface area contributed by atoms with Crippen molar-refractivity contribution in [2.75, 3.05) is 13.6 Å². The average molecular weight is 235 g/mol. The molecule has 4 heteroatoms. The van der Waals surface area contributed by atoms with E-state index in [1.54, 1.807) is 7.05 Å². The molecule has 16 heavy (non-hydrogen) atoms. The van der Waals surface area contributed by atoms with Crippen LogP contribution in [0.25, 0.3) is 0 Å². The van der Waals surface area contributed by atoms with Crippen LogP contribution in [0, 0.1) is 12.3 Å². The number of hydrogen-bond acceptors (Lipinski definition) is 2. The second kappa shape index (κ2) is 6.91. The number of aliphatic imine (C=N–C) groups is 1. The monoisotopic (exact) mass is 235 g/mol. The molecule has 0 saturated heterocycles. The van der Waals surface area contributed by atoms with Gasteiger partial charge in [0, 0.05) is 16.8 Å². The van der Waals surface area contributed by atoms with Gasteiger partial charge in [-0.05, 0) is 18.6 Å². The average Bonchev–Trinajstić information content (AvgIpc) is 2.77. The summed E-state index contributed by atoms with van der Waals surface area (Å²) < 4.78 is 0. The first kappa shape index (κ1) is 12.6. The summed E-state index contributed by atoms with van der Waals surface area (Å²) in [4.78, 5) is 6.78. The van der Waals surface area contributed by atoms with E-state index in [2.05, 4.69) is 40.6 Å². The Hall–Kier alpha value is -1.47. The Bertz CT molecular complexity index is 387. The Labute approximate surface area is 101 Å². The molecule has 0 aliphatic heterocycles. The van der Waals surface area contributed by atoms with Crippen molar-refractivity contribution in [1.29, 1.82) is 0 Å². The van der Waals surface area contributed by atoms with Crippen molar-refractivity contribution < 1.29 is 0 Å². The molecule has 0 aliphatic carbocycles. The molecule has 0 unspecified atom stereocenters. The van der Waals surface area contributed by atoms with Gasteiger partial charge in [-0.1, -0.05) is 12.8 Å². The van der Waals surface area contributed by atoms with Gasteiger partial charge in [0.2, 0.25) is 0 Å². The van der Waals surface area contributed by atoms with Crippen LogP contribution in [0.1, 0.15) is 16.7 Å². The zero-order chi connectivity index (χ0) is 11.8. The van der Waals surface area contributed by atoms with Crippen LogP contribution in [-0.4, -0.2) is 19.6 Å². The zero-order valence-electron chi connectivity index (χ0n) is 9.71. The molecular formula is C12H17N3S. The molecule has 3 nitrogen and oxygen atoms in total. The zero-order valence-corrected chi connectivity index (χ0v) is 10.5. The van der Waals surface area contributed by atoms with E-state index >= 15 is 0 Å². The van der Waals surface area contributed by atoms with Crippen LogP contribution in [-0.2, 0) is 13.0 Å². The van der Waals surface area contributed by atoms with Crippen LogP contribution < -0.4 is 10.6 Å². The molecule has 0 fully saturated rings. The first-order valence-corrected chi connectivity index (χ1v) is 6.07. The van der Waals surface area contributed by atoms with Gasteiger partial charge in [-0.2, -0.15) is 0 Å². The van der Waals surface area contributed by atoms with Crippen molar-refractivity contribution in [2.24, 2.45) is 4.99 Å². The van der Waals surface area contributed by atoms with Crippen LogP contribution in [0.5, 0.6) is 0 Å². The highest BCUT2D eigenvalue weighted by Crippen LogP contribution is 2.16. The van der Waals surface area contributed by atoms with E-state index in [0.29, 0.717) is 6.54 Å². The van der Waals surface area contributed by atoms with E-state index < -0.39 is 0 Å². The van der Waals surface area contributed by atoms with Crippen LogP contribution in [0.4, 0.5) is 0 Å². The summed E-state index contributed by atoms with van der Waals surface area (Å²) in [5.74, 6) is 3.25. The third kappa shape index (κ3) is 3.95. The maximum atomic E-state index is 5.17. The highest BCUT2D eigenvalue weighted by Gasteiger charge is 2.00. The number of nitrogens with one attached hydrogen (secondary N) is 2. The molecule has 0 amide bonds. The summed E-state index contributed by atoms with van der Waals surface area (Å²) in [5.41, 5.74) is 0. The molecular weight excluding hydrogens is 218 g/mol. The van der Waals surface area contributed by atoms with E-state index in [1.807, 2.05) is 11.3 Å². The van der Waals surface area contributed by atoms with Crippen molar-refractivity contribution in [3.8, 4) is 12.3 Å². The Morgan fingerprint density at radius 3 is 2.75 bits per heavy atom. The van der Waals surface area contributed by atoms with Crippen LogP contribution in [0.2, 0.25) is 0 Å². The van der Waals surface area contributed by atoms with Gasteiger partial charge < -0.3 is 10.6 Å². The van der Waals surface area contributed by atoms with Gasteiger partial charge in [0.15, 0.2) is 5.96 Å². The maximum Gasteiger partial charge on any atom is 0.192 e. The molecule has 0 saturated carbocycles. The molecule has 0 bridgehead atoms. The molecule has 1 rings (SSSR count). The van der Waals surface area contributed by atoms with Crippen LogP contribution in [0.15, 0.2) is 17.1 Å². The summed E-state index contributed by atoms with van der Waals surface area (Å²) in [6, 6.07) is 4.31. The van der Waals surface area contributed by atoms with Crippen LogP contribution >= 0.6 is 11.3 Å². The smallest absolute Gasteiger partial charge is 0.192 e. The molecule has 0 radical (unpaired) electrons. The standard InChI is InChI=1S/C12H17N3S/c1-4-8-14-12(13-3)15-9-11-7-6-10(5-2)16-11/h1,6-7H,5,8-9H2,2-3H3,(H2,13,14,15). The van der Waals surface area contributed by atoms with E-state index in [-0.39, 0.29) is 0 Å². The molecule has 1 aromatic heterocycles. The molecule has 86 valence electrons. The minimum atomic E-state index is 0.490. The maximum absolute atomic E-state index is 5.17. The minimum Gasteiger partial charge on any atom is -0.352 e. The summed E-state index contributed by atoms with van der Waals surface area (Å²) >= 11 is 1.82. The van der Waals surface area contributed by atoms with Crippen molar-refractivity contribution >= 4 is 17.3 Å². The first-order chi connectivity index (χ1) is 7.80. The molecule has 2 N–H and O–H groups in total. The van der Waals surface area contributed by atoms with E-state index in [0.717, 1.165) is 18.9 Å². The summed E-state index contributed by atoms with van der Waals surface area (Å²) in [7, 11) is 1.73. The second-order valence-corrected chi connectivity index (χ2v) is 4.46. The SMILES string of the molecule is C#CCNC(=NC)NCc1ccc(CC)s1. The van der Waals surface area contributed by atoms with Crippen molar-refractivity contribution in [3.05, 3.63) is 21.9 Å². The fourth-order valence-electron chi connectivity index (χ4n) is 1.23. The van der Waals surface area contributed by atoms with Gasteiger partial charge >= 0.3 is 0 Å². The summed E-state index contributed by atoms with van der Waals surface area (Å²) in [5, 5.41) is 6.23. The number of rotatable bonds is 4. The lowest BCUT2D eigenvalue weighted by molar-refractivity contribution is 0.862. The largest absolute Gasteiger partial charge is 0.352 e. The van der Waals surface area contributed by atoms with Crippen molar-refractivity contribution in [3.63, 3.8) is 0 Å². The van der Waals surface area contributed by atoms with E-state index in [1.165, 1.54) is 9.75 Å². The second-order valence-electron chi connectivity index (χ2n) is 3.21. The topological polar surface area (TPSA) is 36.4 Å². The van der Waals surface area contributed by atoms with Gasteiger partial charge in [0.1, 0.15) is 0 Å². The number of terminal acetylenes is 1. The summed E-state index contributed by atoms with van der Waals surface area (Å²) in [6.45, 7) is 3.44. The highest BCUT2D eigenvalue weighted by atomic mass is 32.1. The normalized spacial score (nSPS) is 10.9. The molecule has 1 heterocycles. The lowest BCUT2D eigenvalue weighted by Crippen LogP contribution is -2.36. The predicted octanol–water partition coefficient (Wildman–Crippen LogP) is 1.61. The van der Waals surface area contributed by atoms with Crippen LogP contribution in [0.3, 0.4) is 0 Å². The first-order valence-electron chi connectivity index (χ1n) is 5.25. The Balaban J connectivity index is 2.41.